The Bertz CT molecular complexity index is 648. The molecule has 9 heteroatoms. The van der Waals surface area contributed by atoms with E-state index >= 15 is 0 Å². The van der Waals surface area contributed by atoms with Gasteiger partial charge < -0.3 is 10.1 Å². The second-order valence-corrected chi connectivity index (χ2v) is 5.09. The van der Waals surface area contributed by atoms with Gasteiger partial charge in [-0.05, 0) is 13.0 Å². The van der Waals surface area contributed by atoms with Crippen LogP contribution in [0.3, 0.4) is 0 Å². The quantitative estimate of drug-likeness (QED) is 0.651. The van der Waals surface area contributed by atoms with Crippen molar-refractivity contribution < 1.29 is 18.4 Å². The first-order chi connectivity index (χ1) is 9.95. The number of hydrogen-bond donors (Lipinski definition) is 1. The number of nitrogens with zero attached hydrogens (tertiary/aromatic N) is 2. The van der Waals surface area contributed by atoms with Crippen LogP contribution in [0.2, 0.25) is 0 Å². The van der Waals surface area contributed by atoms with Gasteiger partial charge in [0.05, 0.1) is 27.9 Å². The van der Waals surface area contributed by atoms with E-state index in [-0.39, 0.29) is 23.7 Å². The maximum atomic E-state index is 12.3. The number of aromatic nitrogens is 1. The largest absolute Gasteiger partial charge is 0.433 e. The summed E-state index contributed by atoms with van der Waals surface area (Å²) in [5, 5.41) is 16.3. The molecule has 0 atom stereocenters. The fourth-order valence-electron chi connectivity index (χ4n) is 1.64. The van der Waals surface area contributed by atoms with E-state index in [9.17, 15) is 18.9 Å². The highest BCUT2D eigenvalue weighted by Crippen LogP contribution is 2.30. The van der Waals surface area contributed by atoms with Crippen LogP contribution in [0.1, 0.15) is 10.7 Å². The average Bonchev–Trinajstić information content (AvgIpc) is 2.82. The van der Waals surface area contributed by atoms with Gasteiger partial charge in [-0.1, -0.05) is 0 Å². The molecule has 112 valence electrons. The number of nitro groups is 1. The molecule has 0 radical (unpaired) electrons. The predicted molar refractivity (Wildman–Crippen MR) is 73.9 cm³/mol. The van der Waals surface area contributed by atoms with Crippen LogP contribution in [0, 0.1) is 17.0 Å². The van der Waals surface area contributed by atoms with E-state index in [0.717, 1.165) is 23.2 Å². The van der Waals surface area contributed by atoms with Gasteiger partial charge in [-0.15, -0.1) is 11.3 Å². The fourth-order valence-corrected chi connectivity index (χ4v) is 2.26. The summed E-state index contributed by atoms with van der Waals surface area (Å²) >= 11 is 1.45. The Hall–Kier alpha value is -2.29. The molecule has 2 rings (SSSR count). The molecule has 0 saturated carbocycles. The van der Waals surface area contributed by atoms with Gasteiger partial charge in [0.25, 0.3) is 5.69 Å². The van der Waals surface area contributed by atoms with Crippen LogP contribution in [0.5, 0.6) is 5.75 Å². The molecule has 6 nitrogen and oxygen atoms in total. The van der Waals surface area contributed by atoms with Crippen molar-refractivity contribution in [3.63, 3.8) is 0 Å². The van der Waals surface area contributed by atoms with Crippen LogP contribution in [0.25, 0.3) is 0 Å². The van der Waals surface area contributed by atoms with Crippen molar-refractivity contribution in [3.05, 3.63) is 44.4 Å². The lowest BCUT2D eigenvalue weighted by molar-refractivity contribution is -0.384. The second kappa shape index (κ2) is 6.44. The smallest absolute Gasteiger partial charge is 0.387 e. The maximum Gasteiger partial charge on any atom is 0.387 e. The minimum absolute atomic E-state index is 0.121. The summed E-state index contributed by atoms with van der Waals surface area (Å²) in [6, 6.07) is 3.39. The van der Waals surface area contributed by atoms with Gasteiger partial charge in [0, 0.05) is 17.5 Å². The van der Waals surface area contributed by atoms with E-state index < -0.39 is 11.5 Å². The number of non-ortho nitro benzene ring substituents is 1. The minimum Gasteiger partial charge on any atom is -0.433 e. The van der Waals surface area contributed by atoms with Crippen LogP contribution < -0.4 is 10.1 Å². The molecule has 0 saturated heterocycles. The first kappa shape index (κ1) is 15.1. The third-order valence-electron chi connectivity index (χ3n) is 2.52. The highest BCUT2D eigenvalue weighted by molar-refractivity contribution is 7.09. The molecule has 0 bridgehead atoms. The number of halogens is 2. The zero-order valence-corrected chi connectivity index (χ0v) is 11.7. The molecule has 2 aromatic rings. The summed E-state index contributed by atoms with van der Waals surface area (Å²) in [6.45, 7) is -0.911. The van der Waals surface area contributed by atoms with E-state index in [1.165, 1.54) is 11.3 Å². The molecule has 1 aromatic carbocycles. The Balaban J connectivity index is 2.20. The van der Waals surface area contributed by atoms with E-state index in [1.54, 1.807) is 0 Å². The molecule has 21 heavy (non-hydrogen) atoms. The summed E-state index contributed by atoms with van der Waals surface area (Å²) in [7, 11) is 0. The van der Waals surface area contributed by atoms with Crippen molar-refractivity contribution in [1.29, 1.82) is 0 Å². The van der Waals surface area contributed by atoms with Crippen molar-refractivity contribution in [2.75, 3.05) is 5.32 Å². The van der Waals surface area contributed by atoms with Gasteiger partial charge in [-0.2, -0.15) is 8.78 Å². The lowest BCUT2D eigenvalue weighted by atomic mass is 10.2. The van der Waals surface area contributed by atoms with Crippen molar-refractivity contribution in [3.8, 4) is 5.75 Å². The molecule has 1 heterocycles. The summed E-state index contributed by atoms with van der Waals surface area (Å²) in [4.78, 5) is 14.3. The molecular formula is C12H11F2N3O3S. The minimum atomic E-state index is -3.01. The fraction of sp³-hybridized carbons (Fsp3) is 0.250. The molecule has 0 aliphatic carbocycles. The Kier molecular flexibility index (Phi) is 4.63. The van der Waals surface area contributed by atoms with E-state index in [2.05, 4.69) is 15.0 Å². The Morgan fingerprint density at radius 3 is 2.86 bits per heavy atom. The molecule has 0 unspecified atom stereocenters. The highest BCUT2D eigenvalue weighted by Gasteiger charge is 2.15. The van der Waals surface area contributed by atoms with Gasteiger partial charge in [-0.25, -0.2) is 4.98 Å². The lowest BCUT2D eigenvalue weighted by Gasteiger charge is -2.11. The Morgan fingerprint density at radius 2 is 2.29 bits per heavy atom. The lowest BCUT2D eigenvalue weighted by Crippen LogP contribution is -2.07. The molecule has 0 aliphatic heterocycles. The van der Waals surface area contributed by atoms with Crippen molar-refractivity contribution in [2.24, 2.45) is 0 Å². The maximum absolute atomic E-state index is 12.3. The van der Waals surface area contributed by atoms with Crippen LogP contribution in [-0.4, -0.2) is 16.5 Å². The van der Waals surface area contributed by atoms with Gasteiger partial charge in [0.15, 0.2) is 0 Å². The summed E-state index contributed by atoms with van der Waals surface area (Å²) < 4.78 is 29.0. The van der Waals surface area contributed by atoms with Crippen LogP contribution in [0.4, 0.5) is 20.2 Å². The number of rotatable bonds is 6. The second-order valence-electron chi connectivity index (χ2n) is 4.03. The molecule has 0 fully saturated rings. The molecule has 1 N–H and O–H groups in total. The molecule has 0 amide bonds. The predicted octanol–water partition coefficient (Wildman–Crippen LogP) is 3.57. The number of anilines is 1. The first-order valence-electron chi connectivity index (χ1n) is 5.84. The van der Waals surface area contributed by atoms with Gasteiger partial charge in [0.1, 0.15) is 5.75 Å². The van der Waals surface area contributed by atoms with Crippen LogP contribution in [0.15, 0.2) is 23.6 Å². The van der Waals surface area contributed by atoms with E-state index in [1.807, 2.05) is 12.3 Å². The van der Waals surface area contributed by atoms with E-state index in [0.29, 0.717) is 5.69 Å². The molecule has 0 aliphatic rings. The first-order valence-corrected chi connectivity index (χ1v) is 6.72. The Labute approximate surface area is 122 Å². The van der Waals surface area contributed by atoms with Gasteiger partial charge in [0.2, 0.25) is 0 Å². The summed E-state index contributed by atoms with van der Waals surface area (Å²) in [5.41, 5.74) is 0.621. The topological polar surface area (TPSA) is 77.3 Å². The summed E-state index contributed by atoms with van der Waals surface area (Å²) in [6.07, 6.45) is 0. The molecule has 1 aromatic heterocycles. The number of aryl methyl sites for hydroxylation is 1. The zero-order chi connectivity index (χ0) is 15.4. The van der Waals surface area contributed by atoms with Gasteiger partial charge >= 0.3 is 6.61 Å². The third-order valence-corrected chi connectivity index (χ3v) is 3.34. The molecule has 0 spiro atoms. The number of thiazole rings is 1. The number of nitro benzene ring substituents is 1. The SMILES string of the molecule is Cc1nc(CNc2cc([N+](=O)[O-])ccc2OC(F)F)cs1. The number of benzene rings is 1. The Morgan fingerprint density at radius 1 is 1.52 bits per heavy atom. The van der Waals surface area contributed by atoms with Crippen LogP contribution >= 0.6 is 11.3 Å². The highest BCUT2D eigenvalue weighted by atomic mass is 32.1. The third kappa shape index (κ3) is 4.09. The van der Waals surface area contributed by atoms with Gasteiger partial charge in [-0.3, -0.25) is 10.1 Å². The monoisotopic (exact) mass is 315 g/mol. The number of nitrogens with one attached hydrogen (secondary N) is 1. The average molecular weight is 315 g/mol. The van der Waals surface area contributed by atoms with Crippen molar-refractivity contribution in [2.45, 2.75) is 20.1 Å². The van der Waals surface area contributed by atoms with E-state index in [4.69, 9.17) is 0 Å². The summed E-state index contributed by atoms with van der Waals surface area (Å²) in [5.74, 6) is -0.150. The van der Waals surface area contributed by atoms with Crippen molar-refractivity contribution >= 4 is 22.7 Å². The number of alkyl halides is 2. The number of hydrogen-bond acceptors (Lipinski definition) is 6. The van der Waals surface area contributed by atoms with Crippen LogP contribution in [-0.2, 0) is 6.54 Å². The standard InChI is InChI=1S/C12H11F2N3O3S/c1-7-16-8(6-21-7)5-15-10-4-9(17(18)19)2-3-11(10)20-12(13)14/h2-4,6,12,15H,5H2,1H3. The molecular weight excluding hydrogens is 304 g/mol. The number of ether oxygens (including phenoxy) is 1. The normalized spacial score (nSPS) is 10.7. The zero-order valence-electron chi connectivity index (χ0n) is 10.9. The van der Waals surface area contributed by atoms with Crippen molar-refractivity contribution in [1.82, 2.24) is 4.98 Å².